The van der Waals surface area contributed by atoms with E-state index in [1.54, 1.807) is 17.0 Å². The van der Waals surface area contributed by atoms with Gasteiger partial charge in [-0.3, -0.25) is 0 Å². The molecule has 0 bridgehead atoms. The number of hydrogen-bond donors (Lipinski definition) is 0. The van der Waals surface area contributed by atoms with Crippen LogP contribution in [-0.4, -0.2) is 57.3 Å². The van der Waals surface area contributed by atoms with Crippen LogP contribution in [0.3, 0.4) is 0 Å². The largest absolute Gasteiger partial charge is 0.534 e. The summed E-state index contributed by atoms with van der Waals surface area (Å²) in [5.74, 6) is -0.415. The van der Waals surface area contributed by atoms with Crippen molar-refractivity contribution in [2.45, 2.75) is 62.1 Å². The molecule has 3 rings (SSSR count). The average Bonchev–Trinajstić information content (AvgIpc) is 3.20. The van der Waals surface area contributed by atoms with Crippen molar-refractivity contribution in [3.63, 3.8) is 0 Å². The van der Waals surface area contributed by atoms with E-state index in [1.165, 1.54) is 19.2 Å². The van der Waals surface area contributed by atoms with Crippen LogP contribution in [0.2, 0.25) is 0 Å². The van der Waals surface area contributed by atoms with Crippen LogP contribution in [0.15, 0.2) is 24.3 Å². The normalized spacial score (nSPS) is 24.8. The molecular weight excluding hydrogens is 439 g/mol. The Labute approximate surface area is 179 Å². The standard InChI is InChI=1S/C20H26F3NO6S/c1-28-19(25)24-12-4-5-15(24)13-29-16-10-8-14(9-11-16)17-6-2-3-7-18(17)30-31(26,27)20(21,22)23/h2-3,6-7,14-16H,4-5,8-13H2,1H3. The van der Waals surface area contributed by atoms with E-state index in [4.69, 9.17) is 9.47 Å². The van der Waals surface area contributed by atoms with Crippen LogP contribution in [0.1, 0.15) is 50.0 Å². The van der Waals surface area contributed by atoms with Gasteiger partial charge in [0.2, 0.25) is 0 Å². The van der Waals surface area contributed by atoms with Gasteiger partial charge in [0.25, 0.3) is 0 Å². The fraction of sp³-hybridized carbons (Fsp3) is 0.650. The first-order valence-corrected chi connectivity index (χ1v) is 11.6. The molecule has 174 valence electrons. The predicted octanol–water partition coefficient (Wildman–Crippen LogP) is 4.19. The number of para-hydroxylation sites is 1. The van der Waals surface area contributed by atoms with Crippen LogP contribution in [0.4, 0.5) is 18.0 Å². The van der Waals surface area contributed by atoms with Gasteiger partial charge in [0, 0.05) is 6.54 Å². The van der Waals surface area contributed by atoms with Crippen LogP contribution >= 0.6 is 0 Å². The van der Waals surface area contributed by atoms with Crippen molar-refractivity contribution < 1.29 is 40.0 Å². The molecule has 1 atom stereocenters. The maximum Gasteiger partial charge on any atom is 0.534 e. The molecule has 2 fully saturated rings. The zero-order valence-electron chi connectivity index (χ0n) is 17.1. The number of amides is 1. The highest BCUT2D eigenvalue weighted by Crippen LogP contribution is 2.40. The van der Waals surface area contributed by atoms with Gasteiger partial charge in [0.1, 0.15) is 5.75 Å². The molecule has 0 radical (unpaired) electrons. The number of rotatable bonds is 6. The Hall–Kier alpha value is -2.01. The molecule has 0 spiro atoms. The highest BCUT2D eigenvalue weighted by atomic mass is 32.2. The molecule has 1 aromatic carbocycles. The second kappa shape index (κ2) is 9.64. The zero-order valence-corrected chi connectivity index (χ0v) is 18.0. The third-order valence-electron chi connectivity index (χ3n) is 5.83. The smallest absolute Gasteiger partial charge is 0.453 e. The summed E-state index contributed by atoms with van der Waals surface area (Å²) in [5, 5.41) is 0. The first kappa shape index (κ1) is 23.6. The lowest BCUT2D eigenvalue weighted by molar-refractivity contribution is -0.0500. The van der Waals surface area contributed by atoms with Crippen LogP contribution in [-0.2, 0) is 19.6 Å². The number of alkyl halides is 3. The van der Waals surface area contributed by atoms with Gasteiger partial charge in [-0.05, 0) is 56.1 Å². The van der Waals surface area contributed by atoms with E-state index < -0.39 is 15.6 Å². The van der Waals surface area contributed by atoms with E-state index in [0.29, 0.717) is 44.4 Å². The van der Waals surface area contributed by atoms with Gasteiger partial charge in [0.15, 0.2) is 0 Å². The molecule has 1 aliphatic carbocycles. The van der Waals surface area contributed by atoms with Crippen molar-refractivity contribution >= 4 is 16.2 Å². The molecule has 1 amide bonds. The molecule has 1 saturated heterocycles. The van der Waals surface area contributed by atoms with Gasteiger partial charge in [-0.1, -0.05) is 18.2 Å². The summed E-state index contributed by atoms with van der Waals surface area (Å²) in [6, 6.07) is 5.90. The first-order chi connectivity index (χ1) is 14.6. The van der Waals surface area contributed by atoms with E-state index in [0.717, 1.165) is 12.8 Å². The van der Waals surface area contributed by atoms with Crippen LogP contribution in [0.5, 0.6) is 5.75 Å². The SMILES string of the molecule is COC(=O)N1CCCC1COC1CCC(c2ccccc2OS(=O)(=O)C(F)(F)F)CC1. The molecular formula is C20H26F3NO6S. The van der Waals surface area contributed by atoms with Crippen LogP contribution < -0.4 is 4.18 Å². The fourth-order valence-electron chi connectivity index (χ4n) is 4.21. The Balaban J connectivity index is 1.56. The first-order valence-electron chi connectivity index (χ1n) is 10.2. The summed E-state index contributed by atoms with van der Waals surface area (Å²) in [6.07, 6.45) is 3.97. The highest BCUT2D eigenvalue weighted by molar-refractivity contribution is 7.88. The molecule has 1 aliphatic heterocycles. The topological polar surface area (TPSA) is 82.1 Å². The van der Waals surface area contributed by atoms with Crippen molar-refractivity contribution in [2.24, 2.45) is 0 Å². The third-order valence-corrected chi connectivity index (χ3v) is 6.79. The number of benzene rings is 1. The Morgan fingerprint density at radius 3 is 2.45 bits per heavy atom. The summed E-state index contributed by atoms with van der Waals surface area (Å²) in [7, 11) is -4.37. The minimum absolute atomic E-state index is 0.0214. The third kappa shape index (κ3) is 5.62. The molecule has 0 aromatic heterocycles. The minimum atomic E-state index is -5.72. The highest BCUT2D eigenvalue weighted by Gasteiger charge is 2.49. The Morgan fingerprint density at radius 2 is 1.81 bits per heavy atom. The van der Waals surface area contributed by atoms with Crippen molar-refractivity contribution in [1.82, 2.24) is 4.90 Å². The number of methoxy groups -OCH3 is 1. The average molecular weight is 465 g/mol. The molecule has 7 nitrogen and oxygen atoms in total. The molecule has 31 heavy (non-hydrogen) atoms. The number of hydrogen-bond acceptors (Lipinski definition) is 6. The Morgan fingerprint density at radius 1 is 1.13 bits per heavy atom. The summed E-state index contributed by atoms with van der Waals surface area (Å²) in [5.41, 5.74) is -5.04. The van der Waals surface area contributed by atoms with E-state index in [2.05, 4.69) is 4.18 Å². The lowest BCUT2D eigenvalue weighted by Crippen LogP contribution is -2.39. The van der Waals surface area contributed by atoms with E-state index in [1.807, 2.05) is 0 Å². The summed E-state index contributed by atoms with van der Waals surface area (Å²) >= 11 is 0. The zero-order chi connectivity index (χ0) is 22.6. The minimum Gasteiger partial charge on any atom is -0.453 e. The molecule has 1 saturated carbocycles. The monoisotopic (exact) mass is 465 g/mol. The van der Waals surface area contributed by atoms with E-state index >= 15 is 0 Å². The molecule has 1 unspecified atom stereocenters. The second-order valence-electron chi connectivity index (χ2n) is 7.79. The van der Waals surface area contributed by atoms with E-state index in [9.17, 15) is 26.4 Å². The summed E-state index contributed by atoms with van der Waals surface area (Å²) < 4.78 is 76.1. The number of ether oxygens (including phenoxy) is 2. The maximum absolute atomic E-state index is 12.7. The lowest BCUT2D eigenvalue weighted by Gasteiger charge is -2.31. The Kier molecular flexibility index (Phi) is 7.35. The predicted molar refractivity (Wildman–Crippen MR) is 105 cm³/mol. The van der Waals surface area contributed by atoms with Gasteiger partial charge in [-0.2, -0.15) is 21.6 Å². The molecule has 1 aromatic rings. The van der Waals surface area contributed by atoms with Gasteiger partial charge in [-0.25, -0.2) is 4.79 Å². The molecule has 0 N–H and O–H groups in total. The van der Waals surface area contributed by atoms with Gasteiger partial charge in [0.05, 0.1) is 25.9 Å². The molecule has 1 heterocycles. The van der Waals surface area contributed by atoms with Crippen LogP contribution in [0.25, 0.3) is 0 Å². The van der Waals surface area contributed by atoms with Gasteiger partial charge < -0.3 is 18.6 Å². The van der Waals surface area contributed by atoms with Crippen molar-refractivity contribution in [3.8, 4) is 5.75 Å². The number of carbonyl (C=O) groups excluding carboxylic acids is 1. The maximum atomic E-state index is 12.7. The fourth-order valence-corrected chi connectivity index (χ4v) is 4.70. The van der Waals surface area contributed by atoms with Crippen molar-refractivity contribution in [3.05, 3.63) is 29.8 Å². The Bertz CT molecular complexity index is 868. The lowest BCUT2D eigenvalue weighted by atomic mass is 9.82. The van der Waals surface area contributed by atoms with Crippen molar-refractivity contribution in [1.29, 1.82) is 0 Å². The summed E-state index contributed by atoms with van der Waals surface area (Å²) in [4.78, 5) is 13.5. The number of likely N-dealkylation sites (tertiary alicyclic amines) is 1. The molecule has 11 heteroatoms. The molecule has 2 aliphatic rings. The number of carbonyl (C=O) groups is 1. The summed E-state index contributed by atoms with van der Waals surface area (Å²) in [6.45, 7) is 1.05. The van der Waals surface area contributed by atoms with Gasteiger partial charge >= 0.3 is 21.7 Å². The van der Waals surface area contributed by atoms with Crippen molar-refractivity contribution in [2.75, 3.05) is 20.3 Å². The van der Waals surface area contributed by atoms with Crippen LogP contribution in [0, 0.1) is 0 Å². The quantitative estimate of drug-likeness (QED) is 0.463. The second-order valence-corrected chi connectivity index (χ2v) is 9.33. The van der Waals surface area contributed by atoms with Gasteiger partial charge in [-0.15, -0.1) is 0 Å². The number of nitrogens with zero attached hydrogens (tertiary/aromatic N) is 1. The number of halogens is 3. The van der Waals surface area contributed by atoms with E-state index in [-0.39, 0.29) is 29.9 Å².